The molecule has 0 heterocycles. The van der Waals surface area contributed by atoms with E-state index >= 15 is 0 Å². The molecule has 0 fully saturated rings. The fourth-order valence-corrected chi connectivity index (χ4v) is 0.852. The van der Waals surface area contributed by atoms with E-state index < -0.39 is 5.60 Å². The average molecular weight is 149 g/mol. The van der Waals surface area contributed by atoms with Crippen LogP contribution in [0.5, 0.6) is 0 Å². The van der Waals surface area contributed by atoms with E-state index in [1.807, 2.05) is 6.92 Å². The molecule has 1 unspecified atom stereocenters. The van der Waals surface area contributed by atoms with Crippen LogP contribution in [-0.4, -0.2) is 22.4 Å². The Bertz CT molecular complexity index is 74.2. The van der Waals surface area contributed by atoms with Gasteiger partial charge in [0, 0.05) is 12.5 Å². The first-order chi connectivity index (χ1) is 4.02. The summed E-state index contributed by atoms with van der Waals surface area (Å²) in [6.45, 7) is 5.47. The quantitative estimate of drug-likeness (QED) is 0.559. The minimum absolute atomic E-state index is 0. The van der Waals surface area contributed by atoms with Gasteiger partial charge in [0.2, 0.25) is 0 Å². The third-order valence-corrected chi connectivity index (χ3v) is 1.71. The molecule has 3 nitrogen and oxygen atoms in total. The zero-order valence-corrected chi connectivity index (χ0v) is 7.09. The van der Waals surface area contributed by atoms with Gasteiger partial charge in [0.05, 0.1) is 5.60 Å². The molecule has 0 aliphatic carbocycles. The lowest BCUT2D eigenvalue weighted by Gasteiger charge is -2.26. The van der Waals surface area contributed by atoms with E-state index in [1.54, 1.807) is 13.8 Å². The molecule has 0 aliphatic rings. The van der Waals surface area contributed by atoms with Gasteiger partial charge in [-0.1, -0.05) is 6.92 Å². The van der Waals surface area contributed by atoms with Crippen LogP contribution in [0.3, 0.4) is 0 Å². The number of aliphatic hydroxyl groups is 2. The standard InChI is InChI=1S/C7H16O2.H3N/c1-4-6(5-8)7(2,3)9;/h6,8-9H,4-5H2,1-3H3;1H3. The molecule has 0 rings (SSSR count). The molecule has 0 radical (unpaired) electrons. The fraction of sp³-hybridized carbons (Fsp3) is 1.00. The maximum absolute atomic E-state index is 9.32. The van der Waals surface area contributed by atoms with Crippen LogP contribution in [0, 0.1) is 5.92 Å². The molecule has 10 heavy (non-hydrogen) atoms. The van der Waals surface area contributed by atoms with Crippen molar-refractivity contribution in [3.8, 4) is 0 Å². The van der Waals surface area contributed by atoms with E-state index in [0.29, 0.717) is 0 Å². The number of hydrogen-bond acceptors (Lipinski definition) is 3. The Morgan fingerprint density at radius 3 is 1.80 bits per heavy atom. The molecule has 5 N–H and O–H groups in total. The number of aliphatic hydroxyl groups excluding tert-OH is 1. The first kappa shape index (κ1) is 12.5. The molecular weight excluding hydrogens is 130 g/mol. The van der Waals surface area contributed by atoms with Crippen molar-refractivity contribution in [3.05, 3.63) is 0 Å². The van der Waals surface area contributed by atoms with Crippen LogP contribution in [0.2, 0.25) is 0 Å². The summed E-state index contributed by atoms with van der Waals surface area (Å²) in [6.07, 6.45) is 0.819. The van der Waals surface area contributed by atoms with Crippen molar-refractivity contribution >= 4 is 0 Å². The summed E-state index contributed by atoms with van der Waals surface area (Å²) in [5.74, 6) is 0.0116. The smallest absolute Gasteiger partial charge is 0.0641 e. The van der Waals surface area contributed by atoms with Gasteiger partial charge in [-0.3, -0.25) is 0 Å². The molecule has 0 aromatic carbocycles. The average Bonchev–Trinajstić information content (AvgIpc) is 1.65. The van der Waals surface area contributed by atoms with E-state index in [-0.39, 0.29) is 18.7 Å². The molecule has 0 saturated carbocycles. The van der Waals surface area contributed by atoms with Crippen LogP contribution >= 0.6 is 0 Å². The SMILES string of the molecule is CCC(CO)C(C)(C)O.N. The van der Waals surface area contributed by atoms with E-state index in [2.05, 4.69) is 0 Å². The van der Waals surface area contributed by atoms with Gasteiger partial charge in [-0.05, 0) is 20.3 Å². The summed E-state index contributed by atoms with van der Waals surface area (Å²) >= 11 is 0. The molecular formula is C7H19NO2. The van der Waals surface area contributed by atoms with Crippen molar-refractivity contribution in [2.24, 2.45) is 5.92 Å². The molecule has 0 aromatic rings. The Morgan fingerprint density at radius 1 is 1.40 bits per heavy atom. The van der Waals surface area contributed by atoms with E-state index in [0.717, 1.165) is 6.42 Å². The second-order valence-electron chi connectivity index (χ2n) is 2.94. The second kappa shape index (κ2) is 4.66. The summed E-state index contributed by atoms with van der Waals surface area (Å²) in [4.78, 5) is 0. The highest BCUT2D eigenvalue weighted by Gasteiger charge is 2.23. The Morgan fingerprint density at radius 2 is 1.80 bits per heavy atom. The van der Waals surface area contributed by atoms with Gasteiger partial charge in [0.25, 0.3) is 0 Å². The summed E-state index contributed by atoms with van der Waals surface area (Å²) in [7, 11) is 0. The summed E-state index contributed by atoms with van der Waals surface area (Å²) in [6, 6.07) is 0. The van der Waals surface area contributed by atoms with E-state index in [4.69, 9.17) is 5.11 Å². The minimum Gasteiger partial charge on any atom is -0.396 e. The van der Waals surface area contributed by atoms with Crippen LogP contribution in [-0.2, 0) is 0 Å². The first-order valence-electron chi connectivity index (χ1n) is 3.35. The third-order valence-electron chi connectivity index (χ3n) is 1.71. The van der Waals surface area contributed by atoms with Crippen molar-refractivity contribution in [2.45, 2.75) is 32.8 Å². The maximum Gasteiger partial charge on any atom is 0.0641 e. The zero-order valence-electron chi connectivity index (χ0n) is 7.09. The third kappa shape index (κ3) is 3.82. The lowest BCUT2D eigenvalue weighted by molar-refractivity contribution is -0.00992. The summed E-state index contributed by atoms with van der Waals surface area (Å²) < 4.78 is 0. The lowest BCUT2D eigenvalue weighted by atomic mass is 9.90. The van der Waals surface area contributed by atoms with E-state index in [1.165, 1.54) is 0 Å². The molecule has 0 spiro atoms. The zero-order chi connectivity index (χ0) is 7.49. The van der Waals surface area contributed by atoms with Crippen molar-refractivity contribution in [1.82, 2.24) is 6.15 Å². The Hall–Kier alpha value is -0.120. The highest BCUT2D eigenvalue weighted by Crippen LogP contribution is 2.18. The normalized spacial score (nSPS) is 14.1. The molecule has 0 saturated heterocycles. The van der Waals surface area contributed by atoms with Gasteiger partial charge in [-0.25, -0.2) is 0 Å². The van der Waals surface area contributed by atoms with E-state index in [9.17, 15) is 5.11 Å². The molecule has 0 aliphatic heterocycles. The predicted molar refractivity (Wildman–Crippen MR) is 42.2 cm³/mol. The van der Waals surface area contributed by atoms with Crippen LogP contribution in [0.25, 0.3) is 0 Å². The summed E-state index contributed by atoms with van der Waals surface area (Å²) in [5.41, 5.74) is -0.733. The van der Waals surface area contributed by atoms with Gasteiger partial charge in [-0.15, -0.1) is 0 Å². The van der Waals surface area contributed by atoms with Crippen molar-refractivity contribution in [2.75, 3.05) is 6.61 Å². The molecule has 0 aromatic heterocycles. The highest BCUT2D eigenvalue weighted by atomic mass is 16.3. The van der Waals surface area contributed by atoms with Crippen molar-refractivity contribution in [3.63, 3.8) is 0 Å². The first-order valence-corrected chi connectivity index (χ1v) is 3.35. The highest BCUT2D eigenvalue weighted by molar-refractivity contribution is 4.74. The minimum atomic E-state index is -0.733. The van der Waals surface area contributed by atoms with Crippen LogP contribution < -0.4 is 6.15 Å². The molecule has 0 amide bonds. The van der Waals surface area contributed by atoms with Crippen molar-refractivity contribution in [1.29, 1.82) is 0 Å². The van der Waals surface area contributed by atoms with Gasteiger partial charge >= 0.3 is 0 Å². The van der Waals surface area contributed by atoms with Gasteiger partial charge < -0.3 is 16.4 Å². The largest absolute Gasteiger partial charge is 0.396 e. The Kier molecular flexibility index (Phi) is 5.84. The number of hydrogen-bond donors (Lipinski definition) is 3. The van der Waals surface area contributed by atoms with Gasteiger partial charge in [0.1, 0.15) is 0 Å². The Balaban J connectivity index is 0. The van der Waals surface area contributed by atoms with Gasteiger partial charge in [0.15, 0.2) is 0 Å². The van der Waals surface area contributed by atoms with Crippen LogP contribution in [0.1, 0.15) is 27.2 Å². The monoisotopic (exact) mass is 149 g/mol. The fourth-order valence-electron chi connectivity index (χ4n) is 0.852. The molecule has 64 valence electrons. The van der Waals surface area contributed by atoms with Crippen LogP contribution in [0.15, 0.2) is 0 Å². The predicted octanol–water partition coefficient (Wildman–Crippen LogP) is 0.938. The molecule has 1 atom stereocenters. The second-order valence-corrected chi connectivity index (χ2v) is 2.94. The topological polar surface area (TPSA) is 75.5 Å². The lowest BCUT2D eigenvalue weighted by Crippen LogP contribution is -2.32. The van der Waals surface area contributed by atoms with Crippen molar-refractivity contribution < 1.29 is 10.2 Å². The Labute approximate surface area is 62.7 Å². The molecule has 3 heteroatoms. The van der Waals surface area contributed by atoms with Gasteiger partial charge in [-0.2, -0.15) is 0 Å². The molecule has 0 bridgehead atoms. The summed E-state index contributed by atoms with van der Waals surface area (Å²) in [5, 5.41) is 18.0. The van der Waals surface area contributed by atoms with Crippen LogP contribution in [0.4, 0.5) is 0 Å². The number of rotatable bonds is 3. The maximum atomic E-state index is 9.32.